The van der Waals surface area contributed by atoms with Crippen LogP contribution in [0.25, 0.3) is 16.9 Å². The zero-order valence-electron chi connectivity index (χ0n) is 9.82. The lowest BCUT2D eigenvalue weighted by Gasteiger charge is -2.05. The summed E-state index contributed by atoms with van der Waals surface area (Å²) in [6, 6.07) is 2.31. The van der Waals surface area contributed by atoms with E-state index in [1.165, 1.54) is 6.26 Å². The number of hydrogen-bond acceptors (Lipinski definition) is 4. The molecule has 0 atom stereocenters. The lowest BCUT2D eigenvalue weighted by molar-refractivity contribution is 0.435. The topological polar surface area (TPSA) is 57.2 Å². The Morgan fingerprint density at radius 1 is 1.44 bits per heavy atom. The highest BCUT2D eigenvalue weighted by Gasteiger charge is 2.09. The molecule has 0 fully saturated rings. The third-order valence-electron chi connectivity index (χ3n) is 2.55. The van der Waals surface area contributed by atoms with Gasteiger partial charge in [0.25, 0.3) is 0 Å². The van der Waals surface area contributed by atoms with Crippen LogP contribution in [0, 0.1) is 0 Å². The van der Waals surface area contributed by atoms with Gasteiger partial charge in [0.2, 0.25) is 0 Å². The van der Waals surface area contributed by atoms with Gasteiger partial charge in [-0.15, -0.1) is 0 Å². The quantitative estimate of drug-likeness (QED) is 0.654. The fourth-order valence-corrected chi connectivity index (χ4v) is 1.75. The molecule has 18 heavy (non-hydrogen) atoms. The van der Waals surface area contributed by atoms with Gasteiger partial charge in [-0.3, -0.25) is 9.08 Å². The van der Waals surface area contributed by atoms with E-state index in [9.17, 15) is 0 Å². The Bertz CT molecular complexity index is 712. The molecular formula is C12H11N5O. The van der Waals surface area contributed by atoms with Gasteiger partial charge in [0.05, 0.1) is 18.2 Å². The van der Waals surface area contributed by atoms with Crippen molar-refractivity contribution < 1.29 is 4.74 Å². The molecule has 6 nitrogen and oxygen atoms in total. The molecule has 0 aliphatic heterocycles. The summed E-state index contributed by atoms with van der Waals surface area (Å²) in [6.45, 7) is 3.54. The Balaban J connectivity index is 2.20. The van der Waals surface area contributed by atoms with Crippen LogP contribution >= 0.6 is 0 Å². The molecule has 0 aliphatic carbocycles. The highest BCUT2D eigenvalue weighted by Crippen LogP contribution is 2.21. The molecule has 0 unspecified atom stereocenters. The van der Waals surface area contributed by atoms with Crippen LogP contribution in [0.15, 0.2) is 43.7 Å². The second-order valence-corrected chi connectivity index (χ2v) is 3.77. The first-order chi connectivity index (χ1) is 8.78. The zero-order chi connectivity index (χ0) is 12.5. The van der Waals surface area contributed by atoms with Gasteiger partial charge in [0, 0.05) is 37.3 Å². The molecule has 3 aromatic heterocycles. The summed E-state index contributed by atoms with van der Waals surface area (Å²) >= 11 is 0. The number of rotatable bonds is 3. The van der Waals surface area contributed by atoms with Crippen LogP contribution in [0.1, 0.15) is 0 Å². The maximum absolute atomic E-state index is 5.29. The van der Waals surface area contributed by atoms with E-state index in [1.54, 1.807) is 27.7 Å². The normalized spacial score (nSPS) is 10.7. The minimum Gasteiger partial charge on any atom is -0.434 e. The lowest BCUT2D eigenvalue weighted by Crippen LogP contribution is -1.97. The number of ether oxygens (including phenoxy) is 1. The van der Waals surface area contributed by atoms with E-state index in [-0.39, 0.29) is 0 Å². The average molecular weight is 241 g/mol. The molecule has 0 aliphatic rings. The predicted octanol–water partition coefficient (Wildman–Crippen LogP) is 1.65. The fraction of sp³-hybridized carbons (Fsp3) is 0.0833. The van der Waals surface area contributed by atoms with Crippen LogP contribution in [0.2, 0.25) is 0 Å². The summed E-state index contributed by atoms with van der Waals surface area (Å²) in [4.78, 5) is 8.66. The van der Waals surface area contributed by atoms with E-state index < -0.39 is 0 Å². The van der Waals surface area contributed by atoms with Crippen molar-refractivity contribution in [3.8, 4) is 17.3 Å². The minimum absolute atomic E-state index is 0.429. The summed E-state index contributed by atoms with van der Waals surface area (Å²) in [5.74, 6) is 0. The first kappa shape index (κ1) is 10.5. The molecule has 0 saturated heterocycles. The smallest absolute Gasteiger partial charge is 0.307 e. The van der Waals surface area contributed by atoms with Crippen molar-refractivity contribution in [1.82, 2.24) is 24.1 Å². The molecule has 0 aromatic carbocycles. The van der Waals surface area contributed by atoms with Crippen molar-refractivity contribution in [2.45, 2.75) is 0 Å². The SMILES string of the molecule is C=COc1nc(-c2cnn(C)c2)cc2nccn12. The molecular weight excluding hydrogens is 230 g/mol. The zero-order valence-corrected chi connectivity index (χ0v) is 9.82. The molecule has 0 amide bonds. The molecule has 0 spiro atoms. The van der Waals surface area contributed by atoms with E-state index in [0.717, 1.165) is 16.9 Å². The largest absolute Gasteiger partial charge is 0.434 e. The molecule has 3 heterocycles. The maximum atomic E-state index is 5.29. The van der Waals surface area contributed by atoms with E-state index in [1.807, 2.05) is 19.3 Å². The summed E-state index contributed by atoms with van der Waals surface area (Å²) in [7, 11) is 1.86. The number of aryl methyl sites for hydroxylation is 1. The molecule has 0 radical (unpaired) electrons. The average Bonchev–Trinajstić information content (AvgIpc) is 2.97. The van der Waals surface area contributed by atoms with Crippen LogP contribution in [0.3, 0.4) is 0 Å². The molecule has 0 bridgehead atoms. The van der Waals surface area contributed by atoms with E-state index in [0.29, 0.717) is 6.01 Å². The van der Waals surface area contributed by atoms with Crippen LogP contribution in [0.5, 0.6) is 6.01 Å². The van der Waals surface area contributed by atoms with Gasteiger partial charge in [-0.2, -0.15) is 10.1 Å². The van der Waals surface area contributed by atoms with Crippen molar-refractivity contribution >= 4 is 5.65 Å². The monoisotopic (exact) mass is 241 g/mol. The number of fused-ring (bicyclic) bond motifs is 1. The summed E-state index contributed by atoms with van der Waals surface area (Å²) in [6.07, 6.45) is 8.46. The lowest BCUT2D eigenvalue weighted by atomic mass is 10.2. The standard InChI is InChI=1S/C12H11N5O/c1-3-18-12-15-10(9-7-14-16(2)8-9)6-11-13-4-5-17(11)12/h3-8H,1H2,2H3. The van der Waals surface area contributed by atoms with E-state index >= 15 is 0 Å². The first-order valence-electron chi connectivity index (χ1n) is 5.38. The number of aromatic nitrogens is 5. The highest BCUT2D eigenvalue weighted by molar-refractivity contribution is 5.62. The summed E-state index contributed by atoms with van der Waals surface area (Å²) < 4.78 is 8.77. The molecule has 0 N–H and O–H groups in total. The highest BCUT2D eigenvalue weighted by atomic mass is 16.5. The van der Waals surface area contributed by atoms with Crippen molar-refractivity contribution in [1.29, 1.82) is 0 Å². The van der Waals surface area contributed by atoms with Gasteiger partial charge in [-0.05, 0) is 0 Å². The summed E-state index contributed by atoms with van der Waals surface area (Å²) in [5.41, 5.74) is 2.44. The Hall–Kier alpha value is -2.63. The second-order valence-electron chi connectivity index (χ2n) is 3.77. The van der Waals surface area contributed by atoms with Gasteiger partial charge in [-0.25, -0.2) is 4.98 Å². The van der Waals surface area contributed by atoms with Crippen LogP contribution < -0.4 is 4.74 Å². The third-order valence-corrected chi connectivity index (χ3v) is 2.55. The third kappa shape index (κ3) is 1.64. The Morgan fingerprint density at radius 3 is 3.06 bits per heavy atom. The van der Waals surface area contributed by atoms with E-state index in [2.05, 4.69) is 21.6 Å². The van der Waals surface area contributed by atoms with Gasteiger partial charge in [0.15, 0.2) is 0 Å². The molecule has 3 aromatic rings. The fourth-order valence-electron chi connectivity index (χ4n) is 1.75. The molecule has 6 heteroatoms. The molecule has 90 valence electrons. The first-order valence-corrected chi connectivity index (χ1v) is 5.38. The minimum atomic E-state index is 0.429. The van der Waals surface area contributed by atoms with Crippen LogP contribution in [0.4, 0.5) is 0 Å². The molecule has 3 rings (SSSR count). The maximum Gasteiger partial charge on any atom is 0.307 e. The Labute approximate surface area is 103 Å². The van der Waals surface area contributed by atoms with Crippen LogP contribution in [-0.2, 0) is 7.05 Å². The van der Waals surface area contributed by atoms with Crippen molar-refractivity contribution in [2.75, 3.05) is 0 Å². The van der Waals surface area contributed by atoms with Gasteiger partial charge < -0.3 is 4.74 Å². The van der Waals surface area contributed by atoms with Gasteiger partial charge >= 0.3 is 6.01 Å². The van der Waals surface area contributed by atoms with Gasteiger partial charge in [0.1, 0.15) is 5.65 Å². The Morgan fingerprint density at radius 2 is 2.33 bits per heavy atom. The van der Waals surface area contributed by atoms with Crippen molar-refractivity contribution in [2.24, 2.45) is 7.05 Å². The van der Waals surface area contributed by atoms with E-state index in [4.69, 9.17) is 4.74 Å². The van der Waals surface area contributed by atoms with Crippen LogP contribution in [-0.4, -0.2) is 24.1 Å². The predicted molar refractivity (Wildman–Crippen MR) is 66.0 cm³/mol. The number of imidazole rings is 1. The Kier molecular flexibility index (Phi) is 2.33. The molecule has 0 saturated carbocycles. The second kappa shape index (κ2) is 3.99. The summed E-state index contributed by atoms with van der Waals surface area (Å²) in [5, 5.41) is 4.12. The van der Waals surface area contributed by atoms with Crippen molar-refractivity contribution in [3.63, 3.8) is 0 Å². The number of nitrogens with zero attached hydrogens (tertiary/aromatic N) is 5. The van der Waals surface area contributed by atoms with Gasteiger partial charge in [-0.1, -0.05) is 6.58 Å². The van der Waals surface area contributed by atoms with Crippen molar-refractivity contribution in [3.05, 3.63) is 43.7 Å². The number of hydrogen-bond donors (Lipinski definition) is 0.